The summed E-state index contributed by atoms with van der Waals surface area (Å²) in [6, 6.07) is 13.4. The number of halogens is 1. The number of nitrogens with one attached hydrogen (secondary N) is 1. The predicted octanol–water partition coefficient (Wildman–Crippen LogP) is 3.91. The lowest BCUT2D eigenvalue weighted by Gasteiger charge is -2.12. The summed E-state index contributed by atoms with van der Waals surface area (Å²) in [4.78, 5) is 0. The zero-order valence-electron chi connectivity index (χ0n) is 10.7. The van der Waals surface area contributed by atoms with E-state index >= 15 is 0 Å². The summed E-state index contributed by atoms with van der Waals surface area (Å²) in [5.74, 6) is 0.292. The number of hydrogen-bond acceptors (Lipinski definition) is 3. The second-order valence-corrected chi connectivity index (χ2v) is 5.13. The Balaban J connectivity index is 2.12. The van der Waals surface area contributed by atoms with Crippen molar-refractivity contribution in [2.75, 3.05) is 12.4 Å². The number of phenols is 1. The fourth-order valence-corrected chi connectivity index (χ4v) is 2.27. The lowest BCUT2D eigenvalue weighted by atomic mass is 10.1. The van der Waals surface area contributed by atoms with Crippen molar-refractivity contribution in [2.24, 2.45) is 0 Å². The summed E-state index contributed by atoms with van der Waals surface area (Å²) in [7, 11) is 1.68. The summed E-state index contributed by atoms with van der Waals surface area (Å²) < 4.78 is 6.12. The van der Waals surface area contributed by atoms with E-state index in [4.69, 9.17) is 4.74 Å². The molecule has 0 aliphatic heterocycles. The van der Waals surface area contributed by atoms with Crippen molar-refractivity contribution in [1.82, 2.24) is 0 Å². The first-order valence-electron chi connectivity index (χ1n) is 5.99. The van der Waals surface area contributed by atoms with Crippen LogP contribution in [-0.2, 0) is 17.9 Å². The van der Waals surface area contributed by atoms with Gasteiger partial charge in [-0.25, -0.2) is 0 Å². The average Bonchev–Trinajstić information content (AvgIpc) is 2.42. The first-order valence-corrected chi connectivity index (χ1v) is 6.78. The molecule has 0 amide bonds. The minimum atomic E-state index is 0.292. The summed E-state index contributed by atoms with van der Waals surface area (Å²) >= 11 is 3.40. The van der Waals surface area contributed by atoms with Crippen molar-refractivity contribution in [1.29, 1.82) is 0 Å². The van der Waals surface area contributed by atoms with Crippen LogP contribution in [0, 0.1) is 0 Å². The number of ether oxygens (including phenoxy) is 1. The van der Waals surface area contributed by atoms with Crippen LogP contribution in [0.15, 0.2) is 46.9 Å². The van der Waals surface area contributed by atoms with Gasteiger partial charge in [-0.1, -0.05) is 34.1 Å². The maximum Gasteiger partial charge on any atom is 0.120 e. The lowest BCUT2D eigenvalue weighted by Crippen LogP contribution is -2.03. The molecule has 0 spiro atoms. The number of hydrogen-bond donors (Lipinski definition) is 2. The van der Waals surface area contributed by atoms with Gasteiger partial charge in [0.2, 0.25) is 0 Å². The zero-order valence-corrected chi connectivity index (χ0v) is 12.3. The molecule has 100 valence electrons. The monoisotopic (exact) mass is 321 g/mol. The van der Waals surface area contributed by atoms with Gasteiger partial charge >= 0.3 is 0 Å². The Morgan fingerprint density at radius 2 is 1.95 bits per heavy atom. The molecular formula is C15H16BrNO2. The van der Waals surface area contributed by atoms with Gasteiger partial charge in [0.25, 0.3) is 0 Å². The normalized spacial score (nSPS) is 10.4. The third-order valence-corrected chi connectivity index (χ3v) is 3.32. The van der Waals surface area contributed by atoms with Crippen LogP contribution in [0.5, 0.6) is 5.75 Å². The van der Waals surface area contributed by atoms with E-state index in [1.165, 1.54) is 0 Å². The van der Waals surface area contributed by atoms with E-state index in [2.05, 4.69) is 21.2 Å². The molecule has 0 radical (unpaired) electrons. The maximum absolute atomic E-state index is 9.80. The van der Waals surface area contributed by atoms with Crippen LogP contribution >= 0.6 is 15.9 Å². The van der Waals surface area contributed by atoms with E-state index in [0.717, 1.165) is 21.3 Å². The van der Waals surface area contributed by atoms with Crippen LogP contribution in [0.2, 0.25) is 0 Å². The van der Waals surface area contributed by atoms with Gasteiger partial charge < -0.3 is 15.2 Å². The van der Waals surface area contributed by atoms with E-state index in [1.807, 2.05) is 36.4 Å². The van der Waals surface area contributed by atoms with Crippen LogP contribution in [0.4, 0.5) is 5.69 Å². The molecule has 2 aromatic rings. The van der Waals surface area contributed by atoms with E-state index in [1.54, 1.807) is 13.2 Å². The molecule has 19 heavy (non-hydrogen) atoms. The van der Waals surface area contributed by atoms with Crippen molar-refractivity contribution in [3.8, 4) is 5.75 Å². The number of benzene rings is 2. The van der Waals surface area contributed by atoms with Gasteiger partial charge in [-0.15, -0.1) is 0 Å². The Hall–Kier alpha value is -1.52. The number of aromatic hydroxyl groups is 1. The molecule has 3 nitrogen and oxygen atoms in total. The first-order chi connectivity index (χ1) is 9.20. The molecule has 0 saturated heterocycles. The third-order valence-electron chi connectivity index (χ3n) is 2.83. The molecule has 0 bridgehead atoms. The third kappa shape index (κ3) is 3.72. The number of anilines is 1. The van der Waals surface area contributed by atoms with Gasteiger partial charge in [0, 0.05) is 34.9 Å². The quantitative estimate of drug-likeness (QED) is 0.877. The molecule has 0 unspecified atom stereocenters. The molecule has 0 atom stereocenters. The molecule has 2 N–H and O–H groups in total. The van der Waals surface area contributed by atoms with Gasteiger partial charge in [-0.3, -0.25) is 0 Å². The second kappa shape index (κ2) is 6.59. The van der Waals surface area contributed by atoms with Crippen LogP contribution < -0.4 is 5.32 Å². The summed E-state index contributed by atoms with van der Waals surface area (Å²) in [6.45, 7) is 1.12. The van der Waals surface area contributed by atoms with E-state index in [9.17, 15) is 5.11 Å². The fraction of sp³-hybridized carbons (Fsp3) is 0.200. The Morgan fingerprint density at radius 1 is 1.16 bits per heavy atom. The Bertz CT molecular complexity index is 558. The second-order valence-electron chi connectivity index (χ2n) is 4.22. The highest BCUT2D eigenvalue weighted by Gasteiger charge is 2.04. The first kappa shape index (κ1) is 13.9. The van der Waals surface area contributed by atoms with Crippen molar-refractivity contribution in [3.05, 3.63) is 58.1 Å². The number of phenolic OH excluding ortho intramolecular Hbond substituents is 1. The smallest absolute Gasteiger partial charge is 0.120 e. The SMILES string of the molecule is COCc1ccccc1NCc1cc(Br)ccc1O. The predicted molar refractivity (Wildman–Crippen MR) is 80.3 cm³/mol. The Morgan fingerprint density at radius 3 is 2.74 bits per heavy atom. The van der Waals surface area contributed by atoms with Gasteiger partial charge in [0.05, 0.1) is 6.61 Å². The Kier molecular flexibility index (Phi) is 4.82. The van der Waals surface area contributed by atoms with Crippen LogP contribution in [-0.4, -0.2) is 12.2 Å². The van der Waals surface area contributed by atoms with Crippen molar-refractivity contribution < 1.29 is 9.84 Å². The van der Waals surface area contributed by atoms with Crippen molar-refractivity contribution in [3.63, 3.8) is 0 Å². The highest BCUT2D eigenvalue weighted by atomic mass is 79.9. The maximum atomic E-state index is 9.80. The van der Waals surface area contributed by atoms with Gasteiger partial charge in [-0.05, 0) is 24.3 Å². The average molecular weight is 322 g/mol. The molecule has 0 aromatic heterocycles. The van der Waals surface area contributed by atoms with Crippen LogP contribution in [0.1, 0.15) is 11.1 Å². The molecule has 0 saturated carbocycles. The highest BCUT2D eigenvalue weighted by Crippen LogP contribution is 2.24. The van der Waals surface area contributed by atoms with Gasteiger partial charge in [0.15, 0.2) is 0 Å². The molecule has 2 aromatic carbocycles. The molecule has 0 aliphatic carbocycles. The van der Waals surface area contributed by atoms with Crippen molar-refractivity contribution in [2.45, 2.75) is 13.2 Å². The standard InChI is InChI=1S/C15H16BrNO2/c1-19-10-11-4-2-3-5-14(11)17-9-12-8-13(16)6-7-15(12)18/h2-8,17-18H,9-10H2,1H3. The number of para-hydroxylation sites is 1. The summed E-state index contributed by atoms with van der Waals surface area (Å²) in [6.07, 6.45) is 0. The lowest BCUT2D eigenvalue weighted by molar-refractivity contribution is 0.185. The minimum absolute atomic E-state index is 0.292. The largest absolute Gasteiger partial charge is 0.508 e. The molecular weight excluding hydrogens is 306 g/mol. The van der Waals surface area contributed by atoms with Crippen LogP contribution in [0.25, 0.3) is 0 Å². The van der Waals surface area contributed by atoms with Crippen LogP contribution in [0.3, 0.4) is 0 Å². The molecule has 4 heteroatoms. The molecule has 2 rings (SSSR count). The molecule has 0 aliphatic rings. The van der Waals surface area contributed by atoms with E-state index in [-0.39, 0.29) is 0 Å². The number of rotatable bonds is 5. The summed E-state index contributed by atoms with van der Waals surface area (Å²) in [5, 5.41) is 13.1. The molecule has 0 fully saturated rings. The summed E-state index contributed by atoms with van der Waals surface area (Å²) in [5.41, 5.74) is 2.96. The van der Waals surface area contributed by atoms with E-state index in [0.29, 0.717) is 18.9 Å². The topological polar surface area (TPSA) is 41.5 Å². The number of methoxy groups -OCH3 is 1. The van der Waals surface area contributed by atoms with Gasteiger partial charge in [-0.2, -0.15) is 0 Å². The zero-order chi connectivity index (χ0) is 13.7. The van der Waals surface area contributed by atoms with E-state index < -0.39 is 0 Å². The highest BCUT2D eigenvalue weighted by molar-refractivity contribution is 9.10. The minimum Gasteiger partial charge on any atom is -0.508 e. The van der Waals surface area contributed by atoms with Crippen molar-refractivity contribution >= 4 is 21.6 Å². The van der Waals surface area contributed by atoms with Gasteiger partial charge in [0.1, 0.15) is 5.75 Å². The Labute approximate surface area is 121 Å². The molecule has 0 heterocycles. The fourth-order valence-electron chi connectivity index (χ4n) is 1.86.